The largest absolute Gasteiger partial charge is 0.362 e. The van der Waals surface area contributed by atoms with Crippen molar-refractivity contribution in [3.8, 4) is 0 Å². The third-order valence-corrected chi connectivity index (χ3v) is 8.17. The first kappa shape index (κ1) is 35.9. The maximum absolute atomic E-state index is 13.3. The second-order valence-electron chi connectivity index (χ2n) is 11.3. The molecule has 37 heavy (non-hydrogen) atoms. The molecule has 0 aromatic rings. The minimum atomic E-state index is 0.00301. The van der Waals surface area contributed by atoms with Gasteiger partial charge in [-0.15, -0.1) is 0 Å². The zero-order valence-electron chi connectivity index (χ0n) is 26.2. The second-order valence-corrected chi connectivity index (χ2v) is 11.3. The lowest BCUT2D eigenvalue weighted by molar-refractivity contribution is -0.143. The molecule has 0 spiro atoms. The van der Waals surface area contributed by atoms with Crippen LogP contribution >= 0.6 is 0 Å². The van der Waals surface area contributed by atoms with Crippen molar-refractivity contribution in [2.75, 3.05) is 39.4 Å². The first-order valence-electron chi connectivity index (χ1n) is 16.0. The van der Waals surface area contributed by atoms with Crippen LogP contribution in [0.25, 0.3) is 0 Å². The Morgan fingerprint density at radius 1 is 0.486 bits per heavy atom. The molecule has 0 aromatic heterocycles. The predicted octanol–water partition coefficient (Wildman–Crippen LogP) is 7.97. The van der Waals surface area contributed by atoms with Gasteiger partial charge in [-0.05, 0) is 49.4 Å². The van der Waals surface area contributed by atoms with Gasteiger partial charge in [0.15, 0.2) is 0 Å². The van der Waals surface area contributed by atoms with Crippen molar-refractivity contribution >= 4 is 11.8 Å². The molecule has 4 atom stereocenters. The second kappa shape index (κ2) is 22.8. The summed E-state index contributed by atoms with van der Waals surface area (Å²) >= 11 is 0. The molecule has 0 heterocycles. The number of carbonyl (C=O) groups is 2. The van der Waals surface area contributed by atoms with Gasteiger partial charge >= 0.3 is 0 Å². The van der Waals surface area contributed by atoms with Crippen molar-refractivity contribution < 1.29 is 14.3 Å². The SMILES string of the molecule is CCCC(CC)CN(CC(CC)CCC)C(=O)COCC(=O)N(CC(CC)CCC)CC(CC)CCC. The Balaban J connectivity index is 5.28. The fraction of sp³-hybridized carbons (Fsp3) is 0.938. The summed E-state index contributed by atoms with van der Waals surface area (Å²) in [6.45, 7) is 21.0. The Morgan fingerprint density at radius 3 is 0.919 bits per heavy atom. The van der Waals surface area contributed by atoms with Crippen LogP contribution in [0, 0.1) is 23.7 Å². The van der Waals surface area contributed by atoms with Crippen LogP contribution in [0.2, 0.25) is 0 Å². The van der Waals surface area contributed by atoms with Gasteiger partial charge in [0.05, 0.1) is 0 Å². The van der Waals surface area contributed by atoms with E-state index in [2.05, 4.69) is 55.4 Å². The summed E-state index contributed by atoms with van der Waals surface area (Å²) in [6, 6.07) is 0. The number of carbonyl (C=O) groups excluding carboxylic acids is 2. The minimum Gasteiger partial charge on any atom is -0.362 e. The molecule has 0 aliphatic carbocycles. The van der Waals surface area contributed by atoms with Gasteiger partial charge in [0.25, 0.3) is 0 Å². The van der Waals surface area contributed by atoms with Crippen molar-refractivity contribution in [3.63, 3.8) is 0 Å². The molecule has 4 unspecified atom stereocenters. The van der Waals surface area contributed by atoms with Gasteiger partial charge in [0.1, 0.15) is 13.2 Å². The van der Waals surface area contributed by atoms with Crippen LogP contribution in [-0.2, 0) is 14.3 Å². The lowest BCUT2D eigenvalue weighted by Gasteiger charge is -2.31. The van der Waals surface area contributed by atoms with Gasteiger partial charge in [-0.2, -0.15) is 0 Å². The summed E-state index contributed by atoms with van der Waals surface area (Å²) in [6.07, 6.45) is 13.5. The van der Waals surface area contributed by atoms with Crippen molar-refractivity contribution in [2.45, 2.75) is 132 Å². The molecule has 0 aliphatic heterocycles. The van der Waals surface area contributed by atoms with Crippen LogP contribution < -0.4 is 0 Å². The van der Waals surface area contributed by atoms with E-state index in [9.17, 15) is 9.59 Å². The van der Waals surface area contributed by atoms with E-state index in [0.717, 1.165) is 103 Å². The predicted molar refractivity (Wildman–Crippen MR) is 159 cm³/mol. The molecule has 0 radical (unpaired) electrons. The minimum absolute atomic E-state index is 0.00301. The molecule has 0 rings (SSSR count). The maximum Gasteiger partial charge on any atom is 0.248 e. The average molecular weight is 525 g/mol. The molecular weight excluding hydrogens is 460 g/mol. The van der Waals surface area contributed by atoms with Gasteiger partial charge in [-0.25, -0.2) is 0 Å². The Kier molecular flexibility index (Phi) is 22.2. The lowest BCUT2D eigenvalue weighted by atomic mass is 9.97. The molecule has 0 aromatic carbocycles. The van der Waals surface area contributed by atoms with Gasteiger partial charge < -0.3 is 14.5 Å². The van der Waals surface area contributed by atoms with E-state index in [1.807, 2.05) is 9.80 Å². The standard InChI is InChI=1S/C32H64N2O3/c1-9-17-27(13-5)21-33(22-28(14-6)18-10-2)31(35)25-37-26-32(36)34(23-29(15-7)19-11-3)24-30(16-8)20-12-4/h27-30H,9-26H2,1-8H3. The average Bonchev–Trinajstić information content (AvgIpc) is 2.90. The summed E-state index contributed by atoms with van der Waals surface area (Å²) in [7, 11) is 0. The first-order valence-corrected chi connectivity index (χ1v) is 16.0. The summed E-state index contributed by atoms with van der Waals surface area (Å²) in [5.41, 5.74) is 0. The van der Waals surface area contributed by atoms with Crippen LogP contribution in [0.3, 0.4) is 0 Å². The molecule has 220 valence electrons. The summed E-state index contributed by atoms with van der Waals surface area (Å²) in [4.78, 5) is 30.7. The molecule has 0 aliphatic rings. The molecule has 0 N–H and O–H groups in total. The van der Waals surface area contributed by atoms with Gasteiger partial charge in [0, 0.05) is 26.2 Å². The number of ether oxygens (including phenoxy) is 1. The summed E-state index contributed by atoms with van der Waals surface area (Å²) in [5.74, 6) is 2.19. The Morgan fingerprint density at radius 2 is 0.730 bits per heavy atom. The zero-order chi connectivity index (χ0) is 28.1. The maximum atomic E-state index is 13.3. The molecular formula is C32H64N2O3. The molecule has 0 fully saturated rings. The molecule has 5 nitrogen and oxygen atoms in total. The summed E-state index contributed by atoms with van der Waals surface area (Å²) < 4.78 is 5.84. The van der Waals surface area contributed by atoms with E-state index >= 15 is 0 Å². The number of amides is 2. The Bertz CT molecular complexity index is 488. The van der Waals surface area contributed by atoms with Crippen molar-refractivity contribution in [3.05, 3.63) is 0 Å². The monoisotopic (exact) mass is 524 g/mol. The quantitative estimate of drug-likeness (QED) is 0.129. The summed E-state index contributed by atoms with van der Waals surface area (Å²) in [5, 5.41) is 0. The van der Waals surface area contributed by atoms with Crippen LogP contribution in [0.4, 0.5) is 0 Å². The molecule has 0 saturated heterocycles. The van der Waals surface area contributed by atoms with Crippen molar-refractivity contribution in [2.24, 2.45) is 23.7 Å². The highest BCUT2D eigenvalue weighted by atomic mass is 16.5. The van der Waals surface area contributed by atoms with E-state index in [-0.39, 0.29) is 25.0 Å². The van der Waals surface area contributed by atoms with Crippen LogP contribution in [0.15, 0.2) is 0 Å². The van der Waals surface area contributed by atoms with Crippen LogP contribution in [-0.4, -0.2) is 61.0 Å². The normalized spacial score (nSPS) is 14.7. The lowest BCUT2D eigenvalue weighted by Crippen LogP contribution is -2.43. The third-order valence-electron chi connectivity index (χ3n) is 8.17. The number of nitrogens with zero attached hydrogens (tertiary/aromatic N) is 2. The van der Waals surface area contributed by atoms with Crippen LogP contribution in [0.5, 0.6) is 0 Å². The van der Waals surface area contributed by atoms with Gasteiger partial charge in [-0.3, -0.25) is 9.59 Å². The van der Waals surface area contributed by atoms with E-state index < -0.39 is 0 Å². The highest BCUT2D eigenvalue weighted by Gasteiger charge is 2.24. The number of rotatable bonds is 24. The number of hydrogen-bond donors (Lipinski definition) is 0. The van der Waals surface area contributed by atoms with Crippen LogP contribution in [0.1, 0.15) is 132 Å². The third kappa shape index (κ3) is 15.8. The van der Waals surface area contributed by atoms with Crippen molar-refractivity contribution in [1.82, 2.24) is 9.80 Å². The van der Waals surface area contributed by atoms with Gasteiger partial charge in [-0.1, -0.05) is 107 Å². The fourth-order valence-electron chi connectivity index (χ4n) is 5.54. The van der Waals surface area contributed by atoms with E-state index in [1.165, 1.54) is 0 Å². The van der Waals surface area contributed by atoms with E-state index in [0.29, 0.717) is 23.7 Å². The molecule has 5 heteroatoms. The topological polar surface area (TPSA) is 49.9 Å². The highest BCUT2D eigenvalue weighted by molar-refractivity contribution is 5.79. The number of hydrogen-bond acceptors (Lipinski definition) is 3. The Labute approximate surface area is 231 Å². The van der Waals surface area contributed by atoms with E-state index in [4.69, 9.17) is 4.74 Å². The molecule has 2 amide bonds. The highest BCUT2D eigenvalue weighted by Crippen LogP contribution is 2.19. The molecule has 0 bridgehead atoms. The van der Waals surface area contributed by atoms with E-state index in [1.54, 1.807) is 0 Å². The van der Waals surface area contributed by atoms with Crippen molar-refractivity contribution in [1.29, 1.82) is 0 Å². The zero-order valence-corrected chi connectivity index (χ0v) is 26.2. The van der Waals surface area contributed by atoms with Gasteiger partial charge in [0.2, 0.25) is 11.8 Å². The smallest absolute Gasteiger partial charge is 0.248 e. The Hall–Kier alpha value is -1.10. The first-order chi connectivity index (χ1) is 17.8. The molecule has 0 saturated carbocycles. The fourth-order valence-corrected chi connectivity index (χ4v) is 5.54.